The van der Waals surface area contributed by atoms with E-state index in [-0.39, 0.29) is 0 Å². The van der Waals surface area contributed by atoms with E-state index in [0.29, 0.717) is 5.41 Å². The van der Waals surface area contributed by atoms with Gasteiger partial charge in [0.2, 0.25) is 0 Å². The van der Waals surface area contributed by atoms with Crippen LogP contribution in [0.15, 0.2) is 0 Å². The lowest BCUT2D eigenvalue weighted by molar-refractivity contribution is 0.184. The molecule has 0 bridgehead atoms. The van der Waals surface area contributed by atoms with Crippen molar-refractivity contribution in [1.29, 1.82) is 0 Å². The molecule has 0 aromatic heterocycles. The van der Waals surface area contributed by atoms with E-state index in [9.17, 15) is 0 Å². The van der Waals surface area contributed by atoms with Crippen LogP contribution in [-0.4, -0.2) is 6.54 Å². The molecule has 0 spiro atoms. The van der Waals surface area contributed by atoms with Gasteiger partial charge < -0.3 is 5.73 Å². The Morgan fingerprint density at radius 3 is 2.60 bits per heavy atom. The van der Waals surface area contributed by atoms with Crippen LogP contribution in [0.5, 0.6) is 0 Å². The maximum Gasteiger partial charge on any atom is -0.00487 e. The van der Waals surface area contributed by atoms with E-state index in [4.69, 9.17) is 5.73 Å². The van der Waals surface area contributed by atoms with Gasteiger partial charge in [0.15, 0.2) is 0 Å². The van der Waals surface area contributed by atoms with Crippen LogP contribution in [0.2, 0.25) is 0 Å². The van der Waals surface area contributed by atoms with Gasteiger partial charge in [-0.05, 0) is 37.1 Å². The van der Waals surface area contributed by atoms with Crippen molar-refractivity contribution in [2.75, 3.05) is 6.54 Å². The molecule has 0 amide bonds. The first kappa shape index (κ1) is 8.06. The molecule has 1 atom stereocenters. The largest absolute Gasteiger partial charge is 0.330 e. The van der Waals surface area contributed by atoms with Crippen LogP contribution >= 0.6 is 0 Å². The van der Waals surface area contributed by atoms with Gasteiger partial charge in [-0.2, -0.15) is 0 Å². The summed E-state index contributed by atoms with van der Waals surface area (Å²) >= 11 is 0. The molecule has 1 fully saturated rings. The van der Waals surface area contributed by atoms with Crippen molar-refractivity contribution < 1.29 is 0 Å². The van der Waals surface area contributed by atoms with Crippen molar-refractivity contribution in [3.63, 3.8) is 0 Å². The fourth-order valence-corrected chi connectivity index (χ4v) is 2.06. The second kappa shape index (κ2) is 2.91. The SMILES string of the molecule is CC1(C)CCC[C@H](CN)C1. The van der Waals surface area contributed by atoms with Crippen LogP contribution in [0.25, 0.3) is 0 Å². The quantitative estimate of drug-likeness (QED) is 0.595. The summed E-state index contributed by atoms with van der Waals surface area (Å²) in [6.45, 7) is 5.60. The predicted molar refractivity (Wildman–Crippen MR) is 44.8 cm³/mol. The van der Waals surface area contributed by atoms with Gasteiger partial charge in [0.25, 0.3) is 0 Å². The van der Waals surface area contributed by atoms with Crippen LogP contribution in [0.3, 0.4) is 0 Å². The van der Waals surface area contributed by atoms with Gasteiger partial charge in [0.05, 0.1) is 0 Å². The molecular formula is C9H19N. The van der Waals surface area contributed by atoms with E-state index in [0.717, 1.165) is 12.5 Å². The zero-order valence-electron chi connectivity index (χ0n) is 7.19. The van der Waals surface area contributed by atoms with Gasteiger partial charge in [-0.25, -0.2) is 0 Å². The third-order valence-corrected chi connectivity index (χ3v) is 2.64. The van der Waals surface area contributed by atoms with Gasteiger partial charge in [0.1, 0.15) is 0 Å². The normalized spacial score (nSPS) is 32.1. The van der Waals surface area contributed by atoms with E-state index >= 15 is 0 Å². The van der Waals surface area contributed by atoms with E-state index in [2.05, 4.69) is 13.8 Å². The molecule has 0 saturated heterocycles. The molecule has 1 nitrogen and oxygen atoms in total. The highest BCUT2D eigenvalue weighted by molar-refractivity contribution is 4.79. The van der Waals surface area contributed by atoms with Crippen molar-refractivity contribution in [3.05, 3.63) is 0 Å². The molecule has 0 heterocycles. The monoisotopic (exact) mass is 141 g/mol. The first-order valence-corrected chi connectivity index (χ1v) is 4.34. The molecule has 0 aromatic carbocycles. The highest BCUT2D eigenvalue weighted by atomic mass is 14.6. The summed E-state index contributed by atoms with van der Waals surface area (Å²) in [4.78, 5) is 0. The Morgan fingerprint density at radius 1 is 1.50 bits per heavy atom. The maximum atomic E-state index is 5.62. The topological polar surface area (TPSA) is 26.0 Å². The minimum Gasteiger partial charge on any atom is -0.330 e. The summed E-state index contributed by atoms with van der Waals surface area (Å²) in [7, 11) is 0. The first-order chi connectivity index (χ1) is 4.64. The lowest BCUT2D eigenvalue weighted by Crippen LogP contribution is -2.27. The second-order valence-electron chi connectivity index (χ2n) is 4.36. The zero-order chi connectivity index (χ0) is 7.61. The van der Waals surface area contributed by atoms with Crippen molar-refractivity contribution in [2.45, 2.75) is 39.5 Å². The maximum absolute atomic E-state index is 5.62. The fourth-order valence-electron chi connectivity index (χ4n) is 2.06. The Bertz CT molecular complexity index is 107. The number of rotatable bonds is 1. The van der Waals surface area contributed by atoms with E-state index in [1.807, 2.05) is 0 Å². The van der Waals surface area contributed by atoms with Crippen LogP contribution in [0.4, 0.5) is 0 Å². The number of hydrogen-bond donors (Lipinski definition) is 1. The number of nitrogens with two attached hydrogens (primary N) is 1. The van der Waals surface area contributed by atoms with Crippen LogP contribution < -0.4 is 5.73 Å². The Kier molecular flexibility index (Phi) is 2.35. The Hall–Kier alpha value is -0.0400. The average molecular weight is 141 g/mol. The zero-order valence-corrected chi connectivity index (χ0v) is 7.19. The minimum atomic E-state index is 0.572. The van der Waals surface area contributed by atoms with Gasteiger partial charge in [0, 0.05) is 0 Å². The molecule has 1 saturated carbocycles. The van der Waals surface area contributed by atoms with Gasteiger partial charge in [-0.3, -0.25) is 0 Å². The van der Waals surface area contributed by atoms with Crippen molar-refractivity contribution in [3.8, 4) is 0 Å². The summed E-state index contributed by atoms with van der Waals surface area (Å²) in [6, 6.07) is 0. The van der Waals surface area contributed by atoms with E-state index < -0.39 is 0 Å². The van der Waals surface area contributed by atoms with Crippen molar-refractivity contribution >= 4 is 0 Å². The molecule has 1 aliphatic carbocycles. The summed E-state index contributed by atoms with van der Waals surface area (Å²) in [6.07, 6.45) is 5.47. The first-order valence-electron chi connectivity index (χ1n) is 4.34. The molecule has 1 aliphatic rings. The molecule has 0 aromatic rings. The molecule has 1 rings (SSSR count). The third kappa shape index (κ3) is 1.98. The second-order valence-corrected chi connectivity index (χ2v) is 4.36. The molecule has 0 aliphatic heterocycles. The summed E-state index contributed by atoms with van der Waals surface area (Å²) < 4.78 is 0. The molecule has 10 heavy (non-hydrogen) atoms. The van der Waals surface area contributed by atoms with E-state index in [1.54, 1.807) is 0 Å². The molecule has 60 valence electrons. The standard InChI is InChI=1S/C9H19N/c1-9(2)5-3-4-8(6-9)7-10/h8H,3-7,10H2,1-2H3/t8-/m0/s1. The summed E-state index contributed by atoms with van der Waals surface area (Å²) in [5.41, 5.74) is 6.20. The summed E-state index contributed by atoms with van der Waals surface area (Å²) in [5, 5.41) is 0. The Morgan fingerprint density at radius 2 is 2.20 bits per heavy atom. The molecule has 1 heteroatoms. The van der Waals surface area contributed by atoms with Gasteiger partial charge in [-0.15, -0.1) is 0 Å². The molecule has 2 N–H and O–H groups in total. The van der Waals surface area contributed by atoms with Crippen LogP contribution in [-0.2, 0) is 0 Å². The van der Waals surface area contributed by atoms with Crippen LogP contribution in [0, 0.1) is 11.3 Å². The van der Waals surface area contributed by atoms with Gasteiger partial charge in [-0.1, -0.05) is 20.3 Å². The highest BCUT2D eigenvalue weighted by Crippen LogP contribution is 2.37. The third-order valence-electron chi connectivity index (χ3n) is 2.64. The fraction of sp³-hybridized carbons (Fsp3) is 1.00. The number of hydrogen-bond acceptors (Lipinski definition) is 1. The Labute approximate surface area is 64.0 Å². The lowest BCUT2D eigenvalue weighted by Gasteiger charge is -2.34. The average Bonchev–Trinajstić information content (AvgIpc) is 1.86. The van der Waals surface area contributed by atoms with Crippen molar-refractivity contribution in [1.82, 2.24) is 0 Å². The molecule has 0 unspecified atom stereocenters. The highest BCUT2D eigenvalue weighted by Gasteiger charge is 2.26. The van der Waals surface area contributed by atoms with Crippen molar-refractivity contribution in [2.24, 2.45) is 17.1 Å². The predicted octanol–water partition coefficient (Wildman–Crippen LogP) is 2.16. The lowest BCUT2D eigenvalue weighted by atomic mass is 9.72. The minimum absolute atomic E-state index is 0.572. The van der Waals surface area contributed by atoms with Gasteiger partial charge >= 0.3 is 0 Å². The smallest absolute Gasteiger partial charge is 0.00487 e. The summed E-state index contributed by atoms with van der Waals surface area (Å²) in [5.74, 6) is 0.809. The molecular weight excluding hydrogens is 122 g/mol. The molecule has 0 radical (unpaired) electrons. The Balaban J connectivity index is 2.40. The van der Waals surface area contributed by atoms with E-state index in [1.165, 1.54) is 25.7 Å². The van der Waals surface area contributed by atoms with Crippen LogP contribution in [0.1, 0.15) is 39.5 Å².